The van der Waals surface area contributed by atoms with Crippen molar-refractivity contribution in [2.24, 2.45) is 4.99 Å². The van der Waals surface area contributed by atoms with Crippen LogP contribution in [0.5, 0.6) is 0 Å². The number of hydrogen-bond acceptors (Lipinski definition) is 2. The van der Waals surface area contributed by atoms with E-state index in [1.165, 1.54) is 16.8 Å². The van der Waals surface area contributed by atoms with Gasteiger partial charge in [-0.3, -0.25) is 4.99 Å². The molecule has 1 aliphatic heterocycles. The van der Waals surface area contributed by atoms with Crippen LogP contribution in [-0.2, 0) is 0 Å². The van der Waals surface area contributed by atoms with Gasteiger partial charge in [-0.05, 0) is 23.3 Å². The predicted molar refractivity (Wildman–Crippen MR) is 95.8 cm³/mol. The van der Waals surface area contributed by atoms with Crippen LogP contribution in [0.15, 0.2) is 96.0 Å². The maximum Gasteiger partial charge on any atom is 0.147 e. The highest BCUT2D eigenvalue weighted by Gasteiger charge is 2.32. The first-order valence-corrected chi connectivity index (χ1v) is 7.90. The van der Waals surface area contributed by atoms with Gasteiger partial charge >= 0.3 is 0 Å². The summed E-state index contributed by atoms with van der Waals surface area (Å²) >= 11 is 0. The number of rotatable bonds is 3. The Kier molecular flexibility index (Phi) is 3.65. The van der Waals surface area contributed by atoms with E-state index in [9.17, 15) is 0 Å². The first-order valence-electron chi connectivity index (χ1n) is 7.90. The molecule has 23 heavy (non-hydrogen) atoms. The van der Waals surface area contributed by atoms with Crippen molar-refractivity contribution in [3.05, 3.63) is 102 Å². The predicted octanol–water partition coefficient (Wildman–Crippen LogP) is 5.02. The quantitative estimate of drug-likeness (QED) is 0.663. The van der Waals surface area contributed by atoms with E-state index < -0.39 is 0 Å². The topological polar surface area (TPSA) is 15.6 Å². The van der Waals surface area contributed by atoms with Gasteiger partial charge in [0.15, 0.2) is 0 Å². The molecule has 4 rings (SSSR count). The van der Waals surface area contributed by atoms with Crippen molar-refractivity contribution in [3.63, 3.8) is 0 Å². The summed E-state index contributed by atoms with van der Waals surface area (Å²) in [5.41, 5.74) is 3.66. The van der Waals surface area contributed by atoms with Crippen LogP contribution >= 0.6 is 0 Å². The lowest BCUT2D eigenvalue weighted by atomic mass is 10.0. The van der Waals surface area contributed by atoms with Crippen molar-refractivity contribution in [1.82, 2.24) is 0 Å². The van der Waals surface area contributed by atoms with Gasteiger partial charge in [-0.15, -0.1) is 0 Å². The lowest BCUT2D eigenvalue weighted by Crippen LogP contribution is -2.27. The first kappa shape index (κ1) is 13.8. The standard InChI is InChI=1S/C21H18N2/c1-4-10-17(11-5-1)20-16-22-21(18-12-6-2-7-13-18)23(20)19-14-8-3-9-15-19/h1-16,20-21H. The Morgan fingerprint density at radius 3 is 1.74 bits per heavy atom. The molecule has 0 saturated carbocycles. The zero-order chi connectivity index (χ0) is 15.5. The summed E-state index contributed by atoms with van der Waals surface area (Å²) in [7, 11) is 0. The summed E-state index contributed by atoms with van der Waals surface area (Å²) in [4.78, 5) is 7.20. The molecule has 2 unspecified atom stereocenters. The molecule has 0 amide bonds. The Bertz CT molecular complexity index is 732. The van der Waals surface area contributed by atoms with E-state index in [2.05, 4.69) is 96.0 Å². The van der Waals surface area contributed by atoms with Gasteiger partial charge in [-0.2, -0.15) is 0 Å². The minimum atomic E-state index is 0.0174. The van der Waals surface area contributed by atoms with Crippen LogP contribution in [0.25, 0.3) is 0 Å². The second-order valence-electron chi connectivity index (χ2n) is 5.68. The summed E-state index contributed by atoms with van der Waals surface area (Å²) in [6.45, 7) is 0. The molecule has 3 aromatic rings. The van der Waals surface area contributed by atoms with E-state index in [1.54, 1.807) is 0 Å². The molecule has 2 atom stereocenters. The van der Waals surface area contributed by atoms with Crippen LogP contribution in [-0.4, -0.2) is 6.21 Å². The number of hydrogen-bond donors (Lipinski definition) is 0. The fourth-order valence-electron chi connectivity index (χ4n) is 3.13. The molecule has 0 bridgehead atoms. The van der Waals surface area contributed by atoms with Crippen molar-refractivity contribution in [2.75, 3.05) is 4.90 Å². The van der Waals surface area contributed by atoms with Crippen molar-refractivity contribution in [3.8, 4) is 0 Å². The van der Waals surface area contributed by atoms with Crippen molar-refractivity contribution in [2.45, 2.75) is 12.2 Å². The molecule has 0 aliphatic carbocycles. The van der Waals surface area contributed by atoms with Gasteiger partial charge in [0.05, 0.1) is 6.04 Å². The van der Waals surface area contributed by atoms with Gasteiger partial charge in [0, 0.05) is 11.9 Å². The molecule has 112 valence electrons. The van der Waals surface area contributed by atoms with Gasteiger partial charge in [-0.1, -0.05) is 78.9 Å². The Labute approximate surface area is 136 Å². The highest BCUT2D eigenvalue weighted by molar-refractivity contribution is 5.77. The van der Waals surface area contributed by atoms with E-state index in [-0.39, 0.29) is 12.2 Å². The molecular formula is C21H18N2. The van der Waals surface area contributed by atoms with Gasteiger partial charge < -0.3 is 4.90 Å². The zero-order valence-electron chi connectivity index (χ0n) is 12.8. The lowest BCUT2D eigenvalue weighted by molar-refractivity contribution is 0.670. The molecule has 0 radical (unpaired) electrons. The van der Waals surface area contributed by atoms with E-state index >= 15 is 0 Å². The Morgan fingerprint density at radius 2 is 1.13 bits per heavy atom. The minimum Gasteiger partial charge on any atom is -0.334 e. The molecule has 0 spiro atoms. The number of nitrogens with zero attached hydrogens (tertiary/aromatic N) is 2. The molecule has 3 aromatic carbocycles. The van der Waals surface area contributed by atoms with Gasteiger partial charge in [-0.25, -0.2) is 0 Å². The summed E-state index contributed by atoms with van der Waals surface area (Å²) in [6, 6.07) is 31.7. The minimum absolute atomic E-state index is 0.0174. The van der Waals surface area contributed by atoms with Crippen LogP contribution in [0.4, 0.5) is 5.69 Å². The summed E-state index contributed by atoms with van der Waals surface area (Å²) in [5, 5.41) is 0. The lowest BCUT2D eigenvalue weighted by Gasteiger charge is -2.31. The molecule has 0 aromatic heterocycles. The van der Waals surface area contributed by atoms with Crippen LogP contribution in [0.1, 0.15) is 23.3 Å². The Morgan fingerprint density at radius 1 is 0.609 bits per heavy atom. The normalized spacial score (nSPS) is 19.9. The monoisotopic (exact) mass is 298 g/mol. The Hall–Kier alpha value is -2.87. The summed E-state index contributed by atoms with van der Waals surface area (Å²) in [5.74, 6) is 0. The van der Waals surface area contributed by atoms with Gasteiger partial charge in [0.2, 0.25) is 0 Å². The van der Waals surface area contributed by atoms with E-state index in [4.69, 9.17) is 4.99 Å². The average molecular weight is 298 g/mol. The second kappa shape index (κ2) is 6.09. The SMILES string of the molecule is C1=NC(c2ccccc2)N(c2ccccc2)C1c1ccccc1. The smallest absolute Gasteiger partial charge is 0.147 e. The molecule has 0 fully saturated rings. The fourth-order valence-corrected chi connectivity index (χ4v) is 3.13. The Balaban J connectivity index is 1.78. The average Bonchev–Trinajstić information content (AvgIpc) is 3.09. The molecule has 0 saturated heterocycles. The molecule has 0 N–H and O–H groups in total. The summed E-state index contributed by atoms with van der Waals surface area (Å²) in [6.07, 6.45) is 2.09. The van der Waals surface area contributed by atoms with Crippen LogP contribution in [0.3, 0.4) is 0 Å². The maximum absolute atomic E-state index is 4.82. The highest BCUT2D eigenvalue weighted by Crippen LogP contribution is 2.39. The molecule has 1 heterocycles. The van der Waals surface area contributed by atoms with Gasteiger partial charge in [0.25, 0.3) is 0 Å². The molecular weight excluding hydrogens is 280 g/mol. The largest absolute Gasteiger partial charge is 0.334 e. The molecule has 1 aliphatic rings. The van der Waals surface area contributed by atoms with E-state index in [0.717, 1.165) is 0 Å². The molecule has 2 nitrogen and oxygen atoms in total. The number of anilines is 1. The van der Waals surface area contributed by atoms with Crippen molar-refractivity contribution < 1.29 is 0 Å². The third kappa shape index (κ3) is 2.64. The van der Waals surface area contributed by atoms with Crippen LogP contribution in [0.2, 0.25) is 0 Å². The number of benzene rings is 3. The first-order chi connectivity index (χ1) is 11.4. The van der Waals surface area contributed by atoms with Crippen molar-refractivity contribution in [1.29, 1.82) is 0 Å². The summed E-state index contributed by atoms with van der Waals surface area (Å²) < 4.78 is 0. The molecule has 2 heteroatoms. The third-order valence-corrected chi connectivity index (χ3v) is 4.22. The highest BCUT2D eigenvalue weighted by atomic mass is 15.3. The number of aliphatic imine (C=N–C) groups is 1. The van der Waals surface area contributed by atoms with E-state index in [0.29, 0.717) is 0 Å². The second-order valence-corrected chi connectivity index (χ2v) is 5.68. The van der Waals surface area contributed by atoms with E-state index in [1.807, 2.05) is 6.07 Å². The van der Waals surface area contributed by atoms with Crippen LogP contribution < -0.4 is 4.90 Å². The van der Waals surface area contributed by atoms with Crippen molar-refractivity contribution >= 4 is 11.9 Å². The maximum atomic E-state index is 4.82. The zero-order valence-corrected chi connectivity index (χ0v) is 12.8. The third-order valence-electron chi connectivity index (χ3n) is 4.22. The van der Waals surface area contributed by atoms with Gasteiger partial charge in [0.1, 0.15) is 6.17 Å². The van der Waals surface area contributed by atoms with Crippen LogP contribution in [0, 0.1) is 0 Å². The number of para-hydroxylation sites is 1. The fraction of sp³-hybridized carbons (Fsp3) is 0.0952.